The zero-order chi connectivity index (χ0) is 8.85. The van der Waals surface area contributed by atoms with Crippen molar-refractivity contribution in [1.82, 2.24) is 0 Å². The quantitative estimate of drug-likeness (QED) is 0.480. The molecule has 0 unspecified atom stereocenters. The van der Waals surface area contributed by atoms with E-state index in [0.29, 0.717) is 6.42 Å². The van der Waals surface area contributed by atoms with Gasteiger partial charge >= 0.3 is 11.9 Å². The van der Waals surface area contributed by atoms with E-state index in [0.717, 1.165) is 0 Å². The van der Waals surface area contributed by atoms with Gasteiger partial charge in [0.05, 0.1) is 0 Å². The fourth-order valence-corrected chi connectivity index (χ4v) is 0.374. The summed E-state index contributed by atoms with van der Waals surface area (Å²) in [5, 5.41) is 8.11. The summed E-state index contributed by atoms with van der Waals surface area (Å²) in [7, 11) is 0. The van der Waals surface area contributed by atoms with Gasteiger partial charge in [-0.05, 0) is 6.42 Å². The molecular weight excluding hydrogens is 148 g/mol. The first kappa shape index (κ1) is 9.68. The largest absolute Gasteiger partial charge is 0.479 e. The molecule has 0 amide bonds. The minimum atomic E-state index is -1.16. The fourth-order valence-electron chi connectivity index (χ4n) is 0.374. The van der Waals surface area contributed by atoms with Gasteiger partial charge in [0, 0.05) is 5.57 Å². The highest BCUT2D eigenvalue weighted by atomic mass is 16.5. The summed E-state index contributed by atoms with van der Waals surface area (Å²) in [6.45, 7) is 4.52. The van der Waals surface area contributed by atoms with Crippen LogP contribution in [0.1, 0.15) is 13.3 Å². The molecule has 0 aromatic carbocycles. The van der Waals surface area contributed by atoms with Gasteiger partial charge in [0.2, 0.25) is 0 Å². The maximum absolute atomic E-state index is 10.7. The summed E-state index contributed by atoms with van der Waals surface area (Å²) >= 11 is 0. The number of carbonyl (C=O) groups excluding carboxylic acids is 1. The molecule has 0 bridgehead atoms. The zero-order valence-electron chi connectivity index (χ0n) is 6.29. The molecule has 62 valence electrons. The van der Waals surface area contributed by atoms with Crippen molar-refractivity contribution < 1.29 is 19.4 Å². The Labute approximate surface area is 64.5 Å². The topological polar surface area (TPSA) is 63.6 Å². The predicted molar refractivity (Wildman–Crippen MR) is 38.0 cm³/mol. The van der Waals surface area contributed by atoms with Crippen LogP contribution in [0.2, 0.25) is 0 Å². The molecule has 0 aromatic rings. The van der Waals surface area contributed by atoms with Crippen LogP contribution >= 0.6 is 0 Å². The molecule has 0 aliphatic carbocycles. The smallest absolute Gasteiger partial charge is 0.341 e. The number of hydrogen-bond acceptors (Lipinski definition) is 3. The Morgan fingerprint density at radius 3 is 2.45 bits per heavy atom. The average Bonchev–Trinajstić information content (AvgIpc) is 1.98. The Kier molecular flexibility index (Phi) is 3.95. The van der Waals surface area contributed by atoms with Crippen molar-refractivity contribution in [1.29, 1.82) is 0 Å². The highest BCUT2D eigenvalue weighted by Gasteiger charge is 2.07. The van der Waals surface area contributed by atoms with Gasteiger partial charge in [-0.3, -0.25) is 0 Å². The maximum Gasteiger partial charge on any atom is 0.341 e. The van der Waals surface area contributed by atoms with Gasteiger partial charge < -0.3 is 9.84 Å². The highest BCUT2D eigenvalue weighted by Crippen LogP contribution is 1.98. The fraction of sp³-hybridized carbons (Fsp3) is 0.429. The molecule has 0 aromatic heterocycles. The van der Waals surface area contributed by atoms with E-state index >= 15 is 0 Å². The number of hydrogen-bond donors (Lipinski definition) is 1. The molecule has 0 saturated carbocycles. The monoisotopic (exact) mass is 158 g/mol. The lowest BCUT2D eigenvalue weighted by molar-refractivity contribution is -0.152. The molecule has 0 saturated heterocycles. The predicted octanol–water partition coefficient (Wildman–Crippen LogP) is 0.580. The van der Waals surface area contributed by atoms with Crippen LogP contribution < -0.4 is 0 Å². The Morgan fingerprint density at radius 2 is 2.09 bits per heavy atom. The number of carbonyl (C=O) groups is 2. The summed E-state index contributed by atoms with van der Waals surface area (Å²) in [5.41, 5.74) is 0.284. The standard InChI is InChI=1S/C7H10O4/c1-3-5(2)7(10)11-4-6(8)9/h2-4H2,1H3,(H,8,9). The SMILES string of the molecule is C=C(CC)C(=O)OCC(=O)O. The molecule has 4 heteroatoms. The second kappa shape index (κ2) is 4.49. The number of ether oxygens (including phenoxy) is 1. The lowest BCUT2D eigenvalue weighted by Gasteiger charge is -2.00. The number of carboxylic acids is 1. The van der Waals surface area contributed by atoms with E-state index in [9.17, 15) is 9.59 Å². The van der Waals surface area contributed by atoms with Crippen molar-refractivity contribution >= 4 is 11.9 Å². The lowest BCUT2D eigenvalue weighted by atomic mass is 10.2. The molecular formula is C7H10O4. The van der Waals surface area contributed by atoms with Crippen molar-refractivity contribution in [2.24, 2.45) is 0 Å². The molecule has 0 heterocycles. The normalized spacial score (nSPS) is 8.82. The van der Waals surface area contributed by atoms with E-state index < -0.39 is 18.5 Å². The second-order valence-electron chi connectivity index (χ2n) is 1.93. The van der Waals surface area contributed by atoms with Crippen LogP contribution in [0.3, 0.4) is 0 Å². The Hall–Kier alpha value is -1.32. The lowest BCUT2D eigenvalue weighted by Crippen LogP contribution is -2.13. The Balaban J connectivity index is 3.70. The minimum absolute atomic E-state index is 0.284. The first-order chi connectivity index (χ1) is 5.07. The van der Waals surface area contributed by atoms with E-state index in [4.69, 9.17) is 5.11 Å². The third kappa shape index (κ3) is 4.13. The molecule has 0 spiro atoms. The zero-order valence-corrected chi connectivity index (χ0v) is 6.29. The summed E-state index contributed by atoms with van der Waals surface area (Å²) in [6, 6.07) is 0. The van der Waals surface area contributed by atoms with Crippen molar-refractivity contribution in [3.8, 4) is 0 Å². The van der Waals surface area contributed by atoms with Gasteiger partial charge in [0.15, 0.2) is 6.61 Å². The summed E-state index contributed by atoms with van der Waals surface area (Å²) in [6.07, 6.45) is 0.471. The van der Waals surface area contributed by atoms with Gasteiger partial charge in [-0.1, -0.05) is 13.5 Å². The van der Waals surface area contributed by atoms with Crippen molar-refractivity contribution in [3.05, 3.63) is 12.2 Å². The van der Waals surface area contributed by atoms with E-state index in [1.807, 2.05) is 0 Å². The van der Waals surface area contributed by atoms with Gasteiger partial charge in [0.25, 0.3) is 0 Å². The van der Waals surface area contributed by atoms with Crippen LogP contribution in [0, 0.1) is 0 Å². The van der Waals surface area contributed by atoms with Crippen molar-refractivity contribution in [2.75, 3.05) is 6.61 Å². The van der Waals surface area contributed by atoms with Crippen molar-refractivity contribution in [3.63, 3.8) is 0 Å². The Morgan fingerprint density at radius 1 is 1.55 bits per heavy atom. The molecule has 4 nitrogen and oxygen atoms in total. The number of carboxylic acid groups (broad SMARTS) is 1. The van der Waals surface area contributed by atoms with E-state index in [1.54, 1.807) is 6.92 Å². The summed E-state index contributed by atoms with van der Waals surface area (Å²) in [5.74, 6) is -1.81. The first-order valence-electron chi connectivity index (χ1n) is 3.14. The van der Waals surface area contributed by atoms with Gasteiger partial charge in [-0.25, -0.2) is 9.59 Å². The van der Waals surface area contributed by atoms with E-state index in [-0.39, 0.29) is 5.57 Å². The van der Waals surface area contributed by atoms with Crippen LogP contribution in [-0.2, 0) is 14.3 Å². The number of aliphatic carboxylic acids is 1. The maximum atomic E-state index is 10.7. The van der Waals surface area contributed by atoms with Crippen LogP contribution in [0.4, 0.5) is 0 Å². The van der Waals surface area contributed by atoms with Crippen molar-refractivity contribution in [2.45, 2.75) is 13.3 Å². The Bertz CT molecular complexity index is 183. The summed E-state index contributed by atoms with van der Waals surface area (Å²) in [4.78, 5) is 20.6. The first-order valence-corrected chi connectivity index (χ1v) is 3.14. The van der Waals surface area contributed by atoms with Crippen LogP contribution in [-0.4, -0.2) is 23.7 Å². The molecule has 0 aliphatic rings. The van der Waals surface area contributed by atoms with Gasteiger partial charge in [-0.2, -0.15) is 0 Å². The molecule has 1 N–H and O–H groups in total. The van der Waals surface area contributed by atoms with E-state index in [2.05, 4.69) is 11.3 Å². The third-order valence-electron chi connectivity index (χ3n) is 1.04. The van der Waals surface area contributed by atoms with Gasteiger partial charge in [-0.15, -0.1) is 0 Å². The third-order valence-corrected chi connectivity index (χ3v) is 1.04. The van der Waals surface area contributed by atoms with E-state index in [1.165, 1.54) is 0 Å². The average molecular weight is 158 g/mol. The van der Waals surface area contributed by atoms with Gasteiger partial charge in [0.1, 0.15) is 0 Å². The summed E-state index contributed by atoms with van der Waals surface area (Å²) < 4.78 is 4.32. The molecule has 0 fully saturated rings. The van der Waals surface area contributed by atoms with Crippen LogP contribution in [0.5, 0.6) is 0 Å². The molecule has 0 aliphatic heterocycles. The number of esters is 1. The molecule has 0 radical (unpaired) electrons. The number of rotatable bonds is 4. The molecule has 0 atom stereocenters. The second-order valence-corrected chi connectivity index (χ2v) is 1.93. The minimum Gasteiger partial charge on any atom is -0.479 e. The molecule has 11 heavy (non-hydrogen) atoms. The van der Waals surface area contributed by atoms with Crippen LogP contribution in [0.15, 0.2) is 12.2 Å². The van der Waals surface area contributed by atoms with Crippen LogP contribution in [0.25, 0.3) is 0 Å². The highest BCUT2D eigenvalue weighted by molar-refractivity contribution is 5.88. The molecule has 0 rings (SSSR count).